The van der Waals surface area contributed by atoms with Crippen molar-refractivity contribution >= 4 is 5.78 Å². The van der Waals surface area contributed by atoms with Crippen molar-refractivity contribution in [1.29, 1.82) is 0 Å². The average molecular weight is 315 g/mol. The zero-order valence-electron chi connectivity index (χ0n) is 13.7. The Bertz CT molecular complexity index is 764. The van der Waals surface area contributed by atoms with Gasteiger partial charge < -0.3 is 0 Å². The van der Waals surface area contributed by atoms with E-state index in [1.807, 2.05) is 36.4 Å². The lowest BCUT2D eigenvalue weighted by Crippen LogP contribution is -2.03. The summed E-state index contributed by atoms with van der Waals surface area (Å²) >= 11 is 0. The lowest BCUT2D eigenvalue weighted by atomic mass is 10.0. The van der Waals surface area contributed by atoms with E-state index >= 15 is 0 Å². The Morgan fingerprint density at radius 2 is 1.33 bits per heavy atom. The van der Waals surface area contributed by atoms with Crippen LogP contribution in [0.3, 0.4) is 0 Å². The van der Waals surface area contributed by atoms with E-state index in [9.17, 15) is 4.79 Å². The molecule has 2 aromatic carbocycles. The van der Waals surface area contributed by atoms with Gasteiger partial charge in [-0.2, -0.15) is 0 Å². The lowest BCUT2D eigenvalue weighted by molar-refractivity contribution is 0.0982. The van der Waals surface area contributed by atoms with E-state index < -0.39 is 0 Å². The highest BCUT2D eigenvalue weighted by Gasteiger charge is 2.07. The fraction of sp³-hybridized carbons (Fsp3) is 0.182. The van der Waals surface area contributed by atoms with Gasteiger partial charge in [-0.3, -0.25) is 9.78 Å². The van der Waals surface area contributed by atoms with Gasteiger partial charge in [0.1, 0.15) is 0 Å². The molecule has 0 amide bonds. The summed E-state index contributed by atoms with van der Waals surface area (Å²) in [6, 6.07) is 24.4. The quantitative estimate of drug-likeness (QED) is 0.592. The number of rotatable bonds is 7. The molecule has 2 nitrogen and oxygen atoms in total. The highest BCUT2D eigenvalue weighted by molar-refractivity contribution is 5.95. The van der Waals surface area contributed by atoms with Crippen LogP contribution in [0.25, 0.3) is 0 Å². The van der Waals surface area contributed by atoms with Crippen LogP contribution >= 0.6 is 0 Å². The zero-order chi connectivity index (χ0) is 16.6. The summed E-state index contributed by atoms with van der Waals surface area (Å²) in [5, 5.41) is 0. The Kier molecular flexibility index (Phi) is 5.52. The highest BCUT2D eigenvalue weighted by Crippen LogP contribution is 2.10. The highest BCUT2D eigenvalue weighted by atomic mass is 16.1. The number of ketones is 1. The Balaban J connectivity index is 1.53. The number of nitrogens with zero attached hydrogens (tertiary/aromatic N) is 1. The summed E-state index contributed by atoms with van der Waals surface area (Å²) in [6.07, 6.45) is 4.87. The number of Topliss-reactive ketones (excluding diaryl/α,β-unsaturated/α-hetero) is 1. The van der Waals surface area contributed by atoms with Crippen LogP contribution in [0.4, 0.5) is 0 Å². The Morgan fingerprint density at radius 1 is 0.708 bits per heavy atom. The minimum Gasteiger partial charge on any atom is -0.294 e. The molecule has 24 heavy (non-hydrogen) atoms. The molecule has 0 saturated carbocycles. The minimum atomic E-state index is 0.154. The molecule has 0 fully saturated rings. The van der Waals surface area contributed by atoms with Gasteiger partial charge in [0, 0.05) is 23.9 Å². The summed E-state index contributed by atoms with van der Waals surface area (Å²) in [5.41, 5.74) is 4.23. The van der Waals surface area contributed by atoms with E-state index in [0.29, 0.717) is 12.0 Å². The number of hydrogen-bond acceptors (Lipinski definition) is 2. The van der Waals surface area contributed by atoms with Gasteiger partial charge in [0.05, 0.1) is 0 Å². The van der Waals surface area contributed by atoms with Crippen molar-refractivity contribution in [2.75, 3.05) is 0 Å². The van der Waals surface area contributed by atoms with E-state index in [2.05, 4.69) is 41.4 Å². The average Bonchev–Trinajstić information content (AvgIpc) is 2.66. The molecule has 0 bridgehead atoms. The van der Waals surface area contributed by atoms with Crippen molar-refractivity contribution in [2.45, 2.75) is 25.7 Å². The molecule has 0 N–H and O–H groups in total. The van der Waals surface area contributed by atoms with Crippen molar-refractivity contribution in [3.8, 4) is 0 Å². The third-order valence-corrected chi connectivity index (χ3v) is 4.14. The van der Waals surface area contributed by atoms with Gasteiger partial charge in [0.15, 0.2) is 5.78 Å². The number of carbonyl (C=O) groups is 1. The molecule has 0 aliphatic rings. The molecule has 0 radical (unpaired) electrons. The molecule has 3 aromatic rings. The SMILES string of the molecule is O=C(CCc1ccccc1)c1ccc(CCc2ccccc2)nc1. The second-order valence-corrected chi connectivity index (χ2v) is 5.93. The van der Waals surface area contributed by atoms with Crippen molar-refractivity contribution in [3.63, 3.8) is 0 Å². The maximum atomic E-state index is 12.3. The van der Waals surface area contributed by atoms with E-state index in [-0.39, 0.29) is 5.78 Å². The second-order valence-electron chi connectivity index (χ2n) is 5.93. The normalized spacial score (nSPS) is 10.5. The van der Waals surface area contributed by atoms with Crippen LogP contribution in [0.5, 0.6) is 0 Å². The zero-order valence-corrected chi connectivity index (χ0v) is 13.7. The van der Waals surface area contributed by atoms with Crippen LogP contribution in [-0.4, -0.2) is 10.8 Å². The Labute approximate surface area is 143 Å². The molecule has 0 unspecified atom stereocenters. The van der Waals surface area contributed by atoms with Crippen molar-refractivity contribution < 1.29 is 4.79 Å². The molecule has 0 spiro atoms. The van der Waals surface area contributed by atoms with Crippen LogP contribution in [0.15, 0.2) is 79.0 Å². The number of aromatic nitrogens is 1. The predicted octanol–water partition coefficient (Wildman–Crippen LogP) is 4.68. The van der Waals surface area contributed by atoms with Crippen molar-refractivity contribution in [3.05, 3.63) is 101 Å². The molecule has 0 atom stereocenters. The number of aryl methyl sites for hydroxylation is 3. The van der Waals surface area contributed by atoms with E-state index in [0.717, 1.165) is 25.0 Å². The number of carbonyl (C=O) groups excluding carboxylic acids is 1. The maximum Gasteiger partial charge on any atom is 0.164 e. The fourth-order valence-corrected chi connectivity index (χ4v) is 2.70. The van der Waals surface area contributed by atoms with Gasteiger partial charge in [-0.25, -0.2) is 0 Å². The molecule has 0 saturated heterocycles. The third-order valence-electron chi connectivity index (χ3n) is 4.14. The van der Waals surface area contributed by atoms with E-state index in [1.54, 1.807) is 6.20 Å². The molecule has 0 aliphatic heterocycles. The molecular formula is C22H21NO. The van der Waals surface area contributed by atoms with E-state index in [1.165, 1.54) is 11.1 Å². The van der Waals surface area contributed by atoms with Gasteiger partial charge in [-0.15, -0.1) is 0 Å². The van der Waals surface area contributed by atoms with Crippen molar-refractivity contribution in [1.82, 2.24) is 4.98 Å². The van der Waals surface area contributed by atoms with Gasteiger partial charge in [0.2, 0.25) is 0 Å². The molecular weight excluding hydrogens is 294 g/mol. The van der Waals surface area contributed by atoms with Crippen molar-refractivity contribution in [2.24, 2.45) is 0 Å². The topological polar surface area (TPSA) is 30.0 Å². The van der Waals surface area contributed by atoms with Crippen LogP contribution in [0.1, 0.15) is 33.6 Å². The predicted molar refractivity (Wildman–Crippen MR) is 97.2 cm³/mol. The van der Waals surface area contributed by atoms with Gasteiger partial charge in [-0.1, -0.05) is 60.7 Å². The van der Waals surface area contributed by atoms with Gasteiger partial charge >= 0.3 is 0 Å². The molecule has 3 rings (SSSR count). The second kappa shape index (κ2) is 8.21. The first-order valence-electron chi connectivity index (χ1n) is 8.37. The first-order chi connectivity index (χ1) is 11.8. The molecule has 1 heterocycles. The summed E-state index contributed by atoms with van der Waals surface area (Å²) in [6.45, 7) is 0. The molecule has 0 aliphatic carbocycles. The number of benzene rings is 2. The van der Waals surface area contributed by atoms with Gasteiger partial charge in [-0.05, 0) is 42.5 Å². The molecule has 120 valence electrons. The summed E-state index contributed by atoms with van der Waals surface area (Å²) in [4.78, 5) is 16.7. The Hall–Kier alpha value is -2.74. The smallest absolute Gasteiger partial charge is 0.164 e. The monoisotopic (exact) mass is 315 g/mol. The standard InChI is InChI=1S/C22H21NO/c24-22(16-12-19-9-5-2-6-10-19)20-13-15-21(23-17-20)14-11-18-7-3-1-4-8-18/h1-10,13,15,17H,11-12,14,16H2. The third kappa shape index (κ3) is 4.63. The van der Waals surface area contributed by atoms with Crippen LogP contribution < -0.4 is 0 Å². The van der Waals surface area contributed by atoms with Gasteiger partial charge in [0.25, 0.3) is 0 Å². The first-order valence-corrected chi connectivity index (χ1v) is 8.37. The molecule has 1 aromatic heterocycles. The number of hydrogen-bond donors (Lipinski definition) is 0. The fourth-order valence-electron chi connectivity index (χ4n) is 2.70. The molecule has 2 heteroatoms. The maximum absolute atomic E-state index is 12.3. The van der Waals surface area contributed by atoms with Crippen LogP contribution in [-0.2, 0) is 19.3 Å². The van der Waals surface area contributed by atoms with E-state index in [4.69, 9.17) is 0 Å². The van der Waals surface area contributed by atoms with Crippen LogP contribution in [0.2, 0.25) is 0 Å². The summed E-state index contributed by atoms with van der Waals surface area (Å²) in [7, 11) is 0. The Morgan fingerprint density at radius 3 is 1.92 bits per heavy atom. The summed E-state index contributed by atoms with van der Waals surface area (Å²) < 4.78 is 0. The van der Waals surface area contributed by atoms with Crippen LogP contribution in [0, 0.1) is 0 Å². The summed E-state index contributed by atoms with van der Waals surface area (Å²) in [5.74, 6) is 0.154. The minimum absolute atomic E-state index is 0.154. The lowest BCUT2D eigenvalue weighted by Gasteiger charge is -2.04. The number of pyridine rings is 1. The first kappa shape index (κ1) is 16.1. The largest absolute Gasteiger partial charge is 0.294 e.